The van der Waals surface area contributed by atoms with E-state index in [1.165, 1.54) is 60.0 Å². The van der Waals surface area contributed by atoms with Crippen molar-refractivity contribution in [1.82, 2.24) is 9.78 Å². The maximum atomic E-state index is 13.9. The van der Waals surface area contributed by atoms with Crippen molar-refractivity contribution in [2.75, 3.05) is 11.9 Å². The maximum absolute atomic E-state index is 13.9. The van der Waals surface area contributed by atoms with Gasteiger partial charge in [-0.1, -0.05) is 74.8 Å². The Kier molecular flexibility index (Phi) is 10.2. The first-order chi connectivity index (χ1) is 16.6. The molecule has 180 valence electrons. The Morgan fingerprint density at radius 3 is 2.18 bits per heavy atom. The van der Waals surface area contributed by atoms with E-state index in [1.807, 2.05) is 13.8 Å². The van der Waals surface area contributed by atoms with Crippen molar-refractivity contribution in [1.29, 1.82) is 0 Å². The molecule has 0 atom stereocenters. The van der Waals surface area contributed by atoms with Gasteiger partial charge < -0.3 is 5.32 Å². The number of hydrogen-bond acceptors (Lipinski definition) is 2. The monoisotopic (exact) mass is 459 g/mol. The van der Waals surface area contributed by atoms with Crippen LogP contribution in [0.15, 0.2) is 48.5 Å². The summed E-state index contributed by atoms with van der Waals surface area (Å²) in [6, 6.07) is 17.0. The smallest absolute Gasteiger partial charge is 0.214 e. The van der Waals surface area contributed by atoms with Gasteiger partial charge in [-0.15, -0.1) is 5.92 Å². The van der Waals surface area contributed by atoms with E-state index in [9.17, 15) is 4.39 Å². The Hall–Kier alpha value is -3.06. The Balaban J connectivity index is 1.28. The van der Waals surface area contributed by atoms with E-state index in [4.69, 9.17) is 0 Å². The number of nitrogens with zero attached hydrogens (tertiary/aromatic N) is 2. The summed E-state index contributed by atoms with van der Waals surface area (Å²) in [6.45, 7) is 4.75. The van der Waals surface area contributed by atoms with Crippen molar-refractivity contribution < 1.29 is 4.39 Å². The molecule has 0 spiro atoms. The molecule has 0 radical (unpaired) electrons. The van der Waals surface area contributed by atoms with Crippen molar-refractivity contribution >= 4 is 5.69 Å². The van der Waals surface area contributed by atoms with Gasteiger partial charge in [0.15, 0.2) is 0 Å². The predicted molar refractivity (Wildman–Crippen MR) is 141 cm³/mol. The minimum absolute atomic E-state index is 0.173. The lowest BCUT2D eigenvalue weighted by atomic mass is 10.0. The second kappa shape index (κ2) is 13.6. The molecule has 3 aromatic rings. The molecule has 4 heteroatoms. The number of rotatable bonds is 13. The van der Waals surface area contributed by atoms with Crippen LogP contribution in [0.5, 0.6) is 0 Å². The molecule has 34 heavy (non-hydrogen) atoms. The maximum Gasteiger partial charge on any atom is 0.214 e. The third kappa shape index (κ3) is 7.48. The van der Waals surface area contributed by atoms with E-state index < -0.39 is 0 Å². The first-order valence-corrected chi connectivity index (χ1v) is 12.6. The van der Waals surface area contributed by atoms with Crippen molar-refractivity contribution in [3.05, 3.63) is 71.3 Å². The third-order valence-electron chi connectivity index (χ3n) is 6.33. The van der Waals surface area contributed by atoms with Gasteiger partial charge in [-0.3, -0.25) is 0 Å². The van der Waals surface area contributed by atoms with E-state index in [0.29, 0.717) is 0 Å². The van der Waals surface area contributed by atoms with Crippen LogP contribution in [0.1, 0.15) is 75.1 Å². The molecule has 0 aliphatic rings. The minimum atomic E-state index is -0.173. The number of benzene rings is 2. The molecule has 0 saturated carbocycles. The summed E-state index contributed by atoms with van der Waals surface area (Å²) in [7, 11) is 1.67. The van der Waals surface area contributed by atoms with Gasteiger partial charge in [0.2, 0.25) is 5.95 Å². The molecule has 0 unspecified atom stereocenters. The molecule has 0 saturated heterocycles. The van der Waals surface area contributed by atoms with Gasteiger partial charge in [-0.05, 0) is 56.9 Å². The summed E-state index contributed by atoms with van der Waals surface area (Å²) in [5.41, 5.74) is 6.31. The zero-order chi connectivity index (χ0) is 24.2. The lowest BCUT2D eigenvalue weighted by molar-refractivity contribution is 0.491. The van der Waals surface area contributed by atoms with Gasteiger partial charge in [0.05, 0.1) is 5.69 Å². The summed E-state index contributed by atoms with van der Waals surface area (Å²) in [4.78, 5) is 0. The molecule has 0 fully saturated rings. The fourth-order valence-electron chi connectivity index (χ4n) is 4.43. The molecule has 3 nitrogen and oxygen atoms in total. The Bertz CT molecular complexity index is 1090. The van der Waals surface area contributed by atoms with E-state index in [1.54, 1.807) is 7.05 Å². The lowest BCUT2D eigenvalue weighted by Crippen LogP contribution is -2.02. The molecular weight excluding hydrogens is 421 g/mol. The Labute approximate surface area is 204 Å². The fourth-order valence-corrected chi connectivity index (χ4v) is 4.43. The van der Waals surface area contributed by atoms with Crippen LogP contribution in [-0.2, 0) is 13.5 Å². The van der Waals surface area contributed by atoms with E-state index in [-0.39, 0.29) is 5.95 Å². The van der Waals surface area contributed by atoms with Crippen LogP contribution in [0, 0.1) is 24.7 Å². The van der Waals surface area contributed by atoms with Crippen LogP contribution < -0.4 is 5.32 Å². The normalized spacial score (nSPS) is 10.7. The zero-order valence-corrected chi connectivity index (χ0v) is 21.0. The molecule has 0 amide bonds. The van der Waals surface area contributed by atoms with Crippen LogP contribution in [0.4, 0.5) is 10.1 Å². The average molecular weight is 460 g/mol. The summed E-state index contributed by atoms with van der Waals surface area (Å²) < 4.78 is 15.3. The second-order valence-electron chi connectivity index (χ2n) is 8.98. The minimum Gasteiger partial charge on any atom is -0.385 e. The summed E-state index contributed by atoms with van der Waals surface area (Å²) >= 11 is 0. The molecule has 3 rings (SSSR count). The first-order valence-electron chi connectivity index (χ1n) is 12.6. The summed E-state index contributed by atoms with van der Waals surface area (Å²) in [5, 5.41) is 7.79. The standard InChI is InChI=1S/C30H38FN3/c1-4-15-25-19-21-26(22-20-25)28-17-12-13-18-29(28)32-23-14-10-8-6-5-7-9-11-16-27-24(2)33-34(3)30(27)31/h12-13,17-22,32H,5-11,14,16,23H2,1-3H3. The topological polar surface area (TPSA) is 29.9 Å². The molecule has 1 aromatic heterocycles. The van der Waals surface area contributed by atoms with Gasteiger partial charge in [-0.25, -0.2) is 4.68 Å². The number of nitrogens with one attached hydrogen (secondary N) is 1. The molecule has 0 aliphatic heterocycles. The average Bonchev–Trinajstić information content (AvgIpc) is 3.09. The predicted octanol–water partition coefficient (Wildman–Crippen LogP) is 7.68. The lowest BCUT2D eigenvalue weighted by Gasteiger charge is -2.12. The number of aryl methyl sites for hydroxylation is 2. The molecule has 2 aromatic carbocycles. The highest BCUT2D eigenvalue weighted by molar-refractivity contribution is 5.78. The van der Waals surface area contributed by atoms with E-state index in [2.05, 4.69) is 70.8 Å². The van der Waals surface area contributed by atoms with Crippen LogP contribution in [0.3, 0.4) is 0 Å². The first kappa shape index (κ1) is 25.6. The van der Waals surface area contributed by atoms with Crippen molar-refractivity contribution in [2.45, 2.75) is 71.6 Å². The van der Waals surface area contributed by atoms with Crippen LogP contribution in [0.25, 0.3) is 11.1 Å². The number of halogens is 1. The van der Waals surface area contributed by atoms with Gasteiger partial charge in [0.25, 0.3) is 0 Å². The van der Waals surface area contributed by atoms with Crippen molar-refractivity contribution in [3.63, 3.8) is 0 Å². The molecular formula is C30H38FN3. The van der Waals surface area contributed by atoms with Crippen LogP contribution in [0.2, 0.25) is 0 Å². The van der Waals surface area contributed by atoms with E-state index in [0.717, 1.165) is 42.6 Å². The number of para-hydroxylation sites is 1. The van der Waals surface area contributed by atoms with Crippen LogP contribution in [-0.4, -0.2) is 16.3 Å². The second-order valence-corrected chi connectivity index (χ2v) is 8.98. The highest BCUT2D eigenvalue weighted by Crippen LogP contribution is 2.28. The fraction of sp³-hybridized carbons (Fsp3) is 0.433. The Morgan fingerprint density at radius 1 is 0.882 bits per heavy atom. The summed E-state index contributed by atoms with van der Waals surface area (Å²) in [6.07, 6.45) is 10.5. The molecule has 1 N–H and O–H groups in total. The van der Waals surface area contributed by atoms with Gasteiger partial charge in [-0.2, -0.15) is 9.49 Å². The molecule has 0 bridgehead atoms. The molecule has 1 heterocycles. The van der Waals surface area contributed by atoms with Crippen molar-refractivity contribution in [2.24, 2.45) is 7.05 Å². The Morgan fingerprint density at radius 2 is 1.53 bits per heavy atom. The van der Waals surface area contributed by atoms with Gasteiger partial charge in [0.1, 0.15) is 0 Å². The van der Waals surface area contributed by atoms with Gasteiger partial charge in [0, 0.05) is 36.0 Å². The van der Waals surface area contributed by atoms with E-state index >= 15 is 0 Å². The number of hydrogen-bond donors (Lipinski definition) is 1. The third-order valence-corrected chi connectivity index (χ3v) is 6.33. The van der Waals surface area contributed by atoms with Crippen LogP contribution >= 0.6 is 0 Å². The van der Waals surface area contributed by atoms with Crippen molar-refractivity contribution in [3.8, 4) is 23.0 Å². The quantitative estimate of drug-likeness (QED) is 0.210. The number of aromatic nitrogens is 2. The zero-order valence-electron chi connectivity index (χ0n) is 21.0. The number of anilines is 1. The SMILES string of the molecule is CC#Cc1ccc(-c2ccccc2NCCCCCCCCCCc2c(C)nn(C)c2F)cc1. The summed E-state index contributed by atoms with van der Waals surface area (Å²) in [5.74, 6) is 5.88. The highest BCUT2D eigenvalue weighted by atomic mass is 19.1. The molecule has 0 aliphatic carbocycles. The largest absolute Gasteiger partial charge is 0.385 e. The van der Waals surface area contributed by atoms with Gasteiger partial charge >= 0.3 is 0 Å². The number of unbranched alkanes of at least 4 members (excludes halogenated alkanes) is 7. The highest BCUT2D eigenvalue weighted by Gasteiger charge is 2.11.